The molecule has 1 fully saturated rings. The van der Waals surface area contributed by atoms with E-state index in [-0.39, 0.29) is 23.3 Å². The van der Waals surface area contributed by atoms with Crippen LogP contribution < -0.4 is 5.32 Å². The van der Waals surface area contributed by atoms with Crippen LogP contribution in [-0.4, -0.2) is 24.2 Å². The number of aliphatic hydroxyl groups is 1. The predicted molar refractivity (Wildman–Crippen MR) is 65.1 cm³/mol. The van der Waals surface area contributed by atoms with Gasteiger partial charge in [-0.1, -0.05) is 33.6 Å². The van der Waals surface area contributed by atoms with Crippen LogP contribution in [0.3, 0.4) is 0 Å². The zero-order valence-corrected chi connectivity index (χ0v) is 10.8. The maximum Gasteiger partial charge on any atom is 0.225 e. The summed E-state index contributed by atoms with van der Waals surface area (Å²) in [7, 11) is 0. The van der Waals surface area contributed by atoms with Gasteiger partial charge in [-0.3, -0.25) is 4.79 Å². The van der Waals surface area contributed by atoms with Crippen molar-refractivity contribution in [1.82, 2.24) is 5.32 Å². The van der Waals surface area contributed by atoms with Crippen LogP contribution in [0, 0.1) is 10.8 Å². The maximum atomic E-state index is 12.0. The van der Waals surface area contributed by atoms with Gasteiger partial charge < -0.3 is 10.4 Å². The van der Waals surface area contributed by atoms with Gasteiger partial charge in [0.25, 0.3) is 0 Å². The summed E-state index contributed by atoms with van der Waals surface area (Å²) in [5, 5.41) is 12.0. The van der Waals surface area contributed by atoms with Crippen LogP contribution >= 0.6 is 0 Å². The molecule has 1 amide bonds. The van der Waals surface area contributed by atoms with Crippen LogP contribution in [0.25, 0.3) is 0 Å². The molecule has 0 heterocycles. The first-order valence-electron chi connectivity index (χ1n) is 6.29. The molecule has 0 unspecified atom stereocenters. The van der Waals surface area contributed by atoms with E-state index in [0.29, 0.717) is 6.54 Å². The fourth-order valence-electron chi connectivity index (χ4n) is 2.31. The average Bonchev–Trinajstić information content (AvgIpc) is 2.63. The number of hydrogen-bond acceptors (Lipinski definition) is 2. The molecule has 1 aliphatic carbocycles. The number of aliphatic hydroxyl groups excluding tert-OH is 1. The zero-order valence-electron chi connectivity index (χ0n) is 10.8. The molecule has 16 heavy (non-hydrogen) atoms. The Labute approximate surface area is 98.6 Å². The molecule has 0 aromatic heterocycles. The van der Waals surface area contributed by atoms with Gasteiger partial charge >= 0.3 is 0 Å². The molecule has 1 aliphatic rings. The molecule has 0 aromatic carbocycles. The molecule has 94 valence electrons. The SMILES string of the molecule is CC(C)(CCO)CNC(=O)C1(C)CCCC1. The fourth-order valence-corrected chi connectivity index (χ4v) is 2.31. The number of nitrogens with one attached hydrogen (secondary N) is 1. The summed E-state index contributed by atoms with van der Waals surface area (Å²) < 4.78 is 0. The number of amides is 1. The highest BCUT2D eigenvalue weighted by atomic mass is 16.3. The van der Waals surface area contributed by atoms with E-state index in [4.69, 9.17) is 5.11 Å². The van der Waals surface area contributed by atoms with Gasteiger partial charge in [0.1, 0.15) is 0 Å². The normalized spacial score (nSPS) is 19.8. The highest BCUT2D eigenvalue weighted by Crippen LogP contribution is 2.37. The summed E-state index contributed by atoms with van der Waals surface area (Å²) in [5.74, 6) is 0.191. The number of rotatable bonds is 5. The van der Waals surface area contributed by atoms with Gasteiger partial charge in [-0.15, -0.1) is 0 Å². The lowest BCUT2D eigenvalue weighted by atomic mass is 9.86. The molecule has 0 aromatic rings. The van der Waals surface area contributed by atoms with Crippen molar-refractivity contribution in [1.29, 1.82) is 0 Å². The first-order chi connectivity index (χ1) is 7.40. The van der Waals surface area contributed by atoms with Crippen molar-refractivity contribution in [2.24, 2.45) is 10.8 Å². The Bertz CT molecular complexity index is 242. The van der Waals surface area contributed by atoms with E-state index in [1.54, 1.807) is 0 Å². The number of hydrogen-bond donors (Lipinski definition) is 2. The van der Waals surface area contributed by atoms with Gasteiger partial charge in [0, 0.05) is 18.6 Å². The van der Waals surface area contributed by atoms with Crippen LogP contribution in [-0.2, 0) is 4.79 Å². The van der Waals surface area contributed by atoms with Crippen LogP contribution in [0.2, 0.25) is 0 Å². The van der Waals surface area contributed by atoms with Crippen LogP contribution in [0.5, 0.6) is 0 Å². The third kappa shape index (κ3) is 3.48. The Morgan fingerprint density at radius 2 is 1.94 bits per heavy atom. The van der Waals surface area contributed by atoms with Gasteiger partial charge in [-0.05, 0) is 24.7 Å². The third-order valence-corrected chi connectivity index (χ3v) is 3.77. The summed E-state index contributed by atoms with van der Waals surface area (Å²) in [4.78, 5) is 12.0. The molecule has 0 bridgehead atoms. The largest absolute Gasteiger partial charge is 0.396 e. The molecule has 0 aliphatic heterocycles. The van der Waals surface area contributed by atoms with Gasteiger partial charge in [0.15, 0.2) is 0 Å². The third-order valence-electron chi connectivity index (χ3n) is 3.77. The van der Waals surface area contributed by atoms with E-state index >= 15 is 0 Å². The fraction of sp³-hybridized carbons (Fsp3) is 0.923. The molecular weight excluding hydrogens is 202 g/mol. The standard InChI is InChI=1S/C13H25NO2/c1-12(2,8-9-15)10-14-11(16)13(3)6-4-5-7-13/h15H,4-10H2,1-3H3,(H,14,16). The van der Waals surface area contributed by atoms with E-state index in [2.05, 4.69) is 26.1 Å². The summed E-state index contributed by atoms with van der Waals surface area (Å²) in [6.07, 6.45) is 5.09. The van der Waals surface area contributed by atoms with Gasteiger partial charge in [-0.25, -0.2) is 0 Å². The lowest BCUT2D eigenvalue weighted by Crippen LogP contribution is -2.42. The average molecular weight is 227 g/mol. The minimum atomic E-state index is -0.144. The molecule has 0 radical (unpaired) electrons. The minimum absolute atomic E-state index is 0.0145. The van der Waals surface area contributed by atoms with Crippen LogP contribution in [0.4, 0.5) is 0 Å². The smallest absolute Gasteiger partial charge is 0.225 e. The molecule has 1 saturated carbocycles. The number of carbonyl (C=O) groups excluding carboxylic acids is 1. The van der Waals surface area contributed by atoms with Crippen molar-refractivity contribution in [2.45, 2.75) is 52.9 Å². The Balaban J connectivity index is 2.40. The lowest BCUT2D eigenvalue weighted by molar-refractivity contribution is -0.130. The summed E-state index contributed by atoms with van der Waals surface area (Å²) in [5.41, 5.74) is -0.158. The first-order valence-corrected chi connectivity index (χ1v) is 6.29. The summed E-state index contributed by atoms with van der Waals surface area (Å²) in [6.45, 7) is 7.04. The topological polar surface area (TPSA) is 49.3 Å². The van der Waals surface area contributed by atoms with Crippen molar-refractivity contribution in [3.63, 3.8) is 0 Å². The monoisotopic (exact) mass is 227 g/mol. The van der Waals surface area contributed by atoms with Crippen molar-refractivity contribution in [3.05, 3.63) is 0 Å². The number of carbonyl (C=O) groups is 1. The van der Waals surface area contributed by atoms with E-state index in [9.17, 15) is 4.79 Å². The van der Waals surface area contributed by atoms with Gasteiger partial charge in [0.05, 0.1) is 0 Å². The summed E-state index contributed by atoms with van der Waals surface area (Å²) in [6, 6.07) is 0. The Kier molecular flexibility index (Phi) is 4.36. The molecule has 3 heteroatoms. The molecule has 0 spiro atoms. The van der Waals surface area contributed by atoms with Crippen LogP contribution in [0.15, 0.2) is 0 Å². The Morgan fingerprint density at radius 3 is 2.44 bits per heavy atom. The van der Waals surface area contributed by atoms with Gasteiger partial charge in [0.2, 0.25) is 5.91 Å². The second-order valence-corrected chi connectivity index (χ2v) is 6.09. The molecule has 1 rings (SSSR count). The van der Waals surface area contributed by atoms with Gasteiger partial charge in [-0.2, -0.15) is 0 Å². The molecule has 0 atom stereocenters. The minimum Gasteiger partial charge on any atom is -0.396 e. The predicted octanol–water partition coefficient (Wildman–Crippen LogP) is 2.09. The Morgan fingerprint density at radius 1 is 1.38 bits per heavy atom. The van der Waals surface area contributed by atoms with Crippen molar-refractivity contribution < 1.29 is 9.90 Å². The summed E-state index contributed by atoms with van der Waals surface area (Å²) >= 11 is 0. The molecule has 3 nitrogen and oxygen atoms in total. The van der Waals surface area contributed by atoms with E-state index in [1.807, 2.05) is 0 Å². The molecular formula is C13H25NO2. The lowest BCUT2D eigenvalue weighted by Gasteiger charge is -2.28. The van der Waals surface area contributed by atoms with Crippen molar-refractivity contribution >= 4 is 5.91 Å². The molecule has 0 saturated heterocycles. The van der Waals surface area contributed by atoms with E-state index < -0.39 is 0 Å². The maximum absolute atomic E-state index is 12.0. The zero-order chi connectivity index (χ0) is 12.2. The highest BCUT2D eigenvalue weighted by Gasteiger charge is 2.36. The van der Waals surface area contributed by atoms with Crippen LogP contribution in [0.1, 0.15) is 52.9 Å². The van der Waals surface area contributed by atoms with E-state index in [0.717, 1.165) is 19.3 Å². The second kappa shape index (κ2) is 5.17. The Hall–Kier alpha value is -0.570. The highest BCUT2D eigenvalue weighted by molar-refractivity contribution is 5.82. The van der Waals surface area contributed by atoms with Crippen molar-refractivity contribution in [2.75, 3.05) is 13.2 Å². The van der Waals surface area contributed by atoms with E-state index in [1.165, 1.54) is 12.8 Å². The van der Waals surface area contributed by atoms with Crippen molar-refractivity contribution in [3.8, 4) is 0 Å². The second-order valence-electron chi connectivity index (χ2n) is 6.09. The quantitative estimate of drug-likeness (QED) is 0.755. The first kappa shape index (κ1) is 13.5. The molecule has 2 N–H and O–H groups in total.